The molecule has 2 unspecified atom stereocenters. The third kappa shape index (κ3) is 5.07. The first-order valence-corrected chi connectivity index (χ1v) is 8.41. The summed E-state index contributed by atoms with van der Waals surface area (Å²) in [6.07, 6.45) is 3.98. The first-order chi connectivity index (χ1) is 9.40. The minimum Gasteiger partial charge on any atom is -0.469 e. The average molecular weight is 342 g/mol. The number of fused-ring (bicyclic) bond motifs is 2. The molecule has 2 aliphatic rings. The Labute approximate surface area is 132 Å². The number of piperidine rings is 1. The fourth-order valence-electron chi connectivity index (χ4n) is 2.93. The van der Waals surface area contributed by atoms with Crippen molar-refractivity contribution in [2.45, 2.75) is 50.2 Å². The summed E-state index contributed by atoms with van der Waals surface area (Å²) in [7, 11) is -0.770. The van der Waals surface area contributed by atoms with Gasteiger partial charge in [-0.25, -0.2) is 0 Å². The number of halogens is 1. The summed E-state index contributed by atoms with van der Waals surface area (Å²) in [4.78, 5) is 11.1. The predicted molar refractivity (Wildman–Crippen MR) is 81.5 cm³/mol. The number of ether oxygens (including phenoxy) is 1. The van der Waals surface area contributed by atoms with Crippen LogP contribution in [0.25, 0.3) is 0 Å². The van der Waals surface area contributed by atoms with Gasteiger partial charge in [-0.2, -0.15) is 17.4 Å². The predicted octanol–water partition coefficient (Wildman–Crippen LogP) is 0.0205. The summed E-state index contributed by atoms with van der Waals surface area (Å²) < 4.78 is 32.8. The van der Waals surface area contributed by atoms with Crippen molar-refractivity contribution in [1.29, 1.82) is 0 Å². The number of carbonyl (C=O) groups is 1. The summed E-state index contributed by atoms with van der Waals surface area (Å²) in [5, 5.41) is 3.47. The Hall–Kier alpha value is -0.410. The molecule has 0 aromatic carbocycles. The molecule has 124 valence electrons. The van der Waals surface area contributed by atoms with Crippen LogP contribution in [-0.2, 0) is 19.7 Å². The summed E-state index contributed by atoms with van der Waals surface area (Å²) >= 11 is 0. The van der Waals surface area contributed by atoms with Gasteiger partial charge in [0.25, 0.3) is 10.2 Å². The molecule has 2 aliphatic heterocycles. The smallest absolute Gasteiger partial charge is 0.306 e. The van der Waals surface area contributed by atoms with Crippen LogP contribution in [0.5, 0.6) is 0 Å². The molecule has 0 spiro atoms. The zero-order valence-electron chi connectivity index (χ0n) is 12.4. The van der Waals surface area contributed by atoms with Crippen LogP contribution in [0.4, 0.5) is 0 Å². The molecule has 2 N–H and O–H groups in total. The lowest BCUT2D eigenvalue weighted by Gasteiger charge is -2.30. The molecule has 0 aliphatic carbocycles. The zero-order valence-corrected chi connectivity index (χ0v) is 14.0. The number of esters is 1. The number of nitrogens with zero attached hydrogens (tertiary/aromatic N) is 1. The highest BCUT2D eigenvalue weighted by atomic mass is 35.5. The minimum atomic E-state index is -3.54. The second-order valence-electron chi connectivity index (χ2n) is 5.58. The normalized spacial score (nSPS) is 28.2. The summed E-state index contributed by atoms with van der Waals surface area (Å²) in [6, 6.07) is 0.850. The average Bonchev–Trinajstić information content (AvgIpc) is 2.74. The van der Waals surface area contributed by atoms with Crippen molar-refractivity contribution in [3.63, 3.8) is 0 Å². The van der Waals surface area contributed by atoms with Crippen molar-refractivity contribution >= 4 is 28.6 Å². The molecule has 21 heavy (non-hydrogen) atoms. The Morgan fingerprint density at radius 1 is 1.33 bits per heavy atom. The first kappa shape index (κ1) is 18.6. The van der Waals surface area contributed by atoms with Crippen LogP contribution in [0.3, 0.4) is 0 Å². The van der Waals surface area contributed by atoms with Crippen molar-refractivity contribution in [1.82, 2.24) is 14.3 Å². The van der Waals surface area contributed by atoms with E-state index in [4.69, 9.17) is 0 Å². The van der Waals surface area contributed by atoms with Gasteiger partial charge in [-0.3, -0.25) is 4.79 Å². The third-order valence-corrected chi connectivity index (χ3v) is 5.69. The van der Waals surface area contributed by atoms with Gasteiger partial charge < -0.3 is 10.1 Å². The lowest BCUT2D eigenvalue weighted by molar-refractivity contribution is -0.140. The molecule has 2 atom stereocenters. The maximum atomic E-state index is 12.2. The molecule has 0 radical (unpaired) electrons. The number of carbonyl (C=O) groups excluding carboxylic acids is 1. The quantitative estimate of drug-likeness (QED) is 0.665. The molecule has 7 nitrogen and oxygen atoms in total. The highest BCUT2D eigenvalue weighted by molar-refractivity contribution is 7.87. The van der Waals surface area contributed by atoms with E-state index in [1.165, 1.54) is 18.5 Å². The lowest BCUT2D eigenvalue weighted by Crippen LogP contribution is -2.51. The van der Waals surface area contributed by atoms with Crippen molar-refractivity contribution in [3.05, 3.63) is 0 Å². The Balaban J connectivity index is 0.00000220. The van der Waals surface area contributed by atoms with Gasteiger partial charge in [0.05, 0.1) is 13.5 Å². The van der Waals surface area contributed by atoms with Crippen molar-refractivity contribution in [2.24, 2.45) is 0 Å². The molecular formula is C12H24ClN3O4S. The second kappa shape index (κ2) is 7.73. The van der Waals surface area contributed by atoms with Crippen molar-refractivity contribution in [3.8, 4) is 0 Å². The van der Waals surface area contributed by atoms with E-state index < -0.39 is 16.2 Å². The molecule has 2 saturated heterocycles. The molecule has 2 bridgehead atoms. The molecule has 2 fully saturated rings. The van der Waals surface area contributed by atoms with Crippen molar-refractivity contribution < 1.29 is 17.9 Å². The largest absolute Gasteiger partial charge is 0.469 e. The van der Waals surface area contributed by atoms with E-state index in [9.17, 15) is 13.2 Å². The fourth-order valence-corrected chi connectivity index (χ4v) is 4.05. The number of rotatable bonds is 6. The van der Waals surface area contributed by atoms with Crippen molar-refractivity contribution in [2.75, 3.05) is 20.7 Å². The van der Waals surface area contributed by atoms with Gasteiger partial charge in [0.2, 0.25) is 0 Å². The topological polar surface area (TPSA) is 87.7 Å². The van der Waals surface area contributed by atoms with Gasteiger partial charge in [-0.15, -0.1) is 12.4 Å². The maximum absolute atomic E-state index is 12.2. The Morgan fingerprint density at radius 3 is 2.43 bits per heavy atom. The minimum absolute atomic E-state index is 0. The van der Waals surface area contributed by atoms with Gasteiger partial charge in [0.15, 0.2) is 0 Å². The Morgan fingerprint density at radius 2 is 1.90 bits per heavy atom. The Kier molecular flexibility index (Phi) is 6.86. The number of hydrogen-bond donors (Lipinski definition) is 2. The van der Waals surface area contributed by atoms with Gasteiger partial charge >= 0.3 is 5.97 Å². The molecular weight excluding hydrogens is 318 g/mol. The zero-order chi connectivity index (χ0) is 14.8. The lowest BCUT2D eigenvalue weighted by atomic mass is 10.0. The molecule has 9 heteroatoms. The molecule has 2 rings (SSSR count). The summed E-state index contributed by atoms with van der Waals surface area (Å²) in [5.41, 5.74) is 0. The molecule has 0 aromatic rings. The highest BCUT2D eigenvalue weighted by Gasteiger charge is 2.35. The van der Waals surface area contributed by atoms with Crippen LogP contribution < -0.4 is 10.0 Å². The van der Waals surface area contributed by atoms with Gasteiger partial charge in [-0.05, 0) is 25.7 Å². The van der Waals surface area contributed by atoms with Gasteiger partial charge in [0, 0.05) is 31.7 Å². The molecule has 2 heterocycles. The first-order valence-electron chi connectivity index (χ1n) is 6.97. The van der Waals surface area contributed by atoms with E-state index >= 15 is 0 Å². The Bertz CT molecular complexity index is 447. The molecule has 0 amide bonds. The van der Waals surface area contributed by atoms with Gasteiger partial charge in [0.1, 0.15) is 0 Å². The van der Waals surface area contributed by atoms with Crippen LogP contribution >= 0.6 is 12.4 Å². The van der Waals surface area contributed by atoms with Crippen LogP contribution in [0.1, 0.15) is 32.1 Å². The van der Waals surface area contributed by atoms with E-state index in [0.29, 0.717) is 12.1 Å². The molecule has 0 aromatic heterocycles. The molecule has 0 saturated carbocycles. The second-order valence-corrected chi connectivity index (χ2v) is 7.39. The van der Waals surface area contributed by atoms with E-state index in [2.05, 4.69) is 14.8 Å². The summed E-state index contributed by atoms with van der Waals surface area (Å²) in [6.45, 7) is 0.125. The van der Waals surface area contributed by atoms with Crippen LogP contribution in [0.15, 0.2) is 0 Å². The van der Waals surface area contributed by atoms with Gasteiger partial charge in [-0.1, -0.05) is 0 Å². The number of hydrogen-bond acceptors (Lipinski definition) is 5. The van der Waals surface area contributed by atoms with Crippen LogP contribution in [-0.4, -0.2) is 57.5 Å². The van der Waals surface area contributed by atoms with E-state index in [0.717, 1.165) is 25.7 Å². The standard InChI is InChI=1S/C12H23N3O4S.ClH/c1-15(6-5-12(16)19-2)20(17,18)14-11-7-9-3-4-10(8-11)13-9;/h9-11,13-14H,3-8H2,1-2H3;1H. The van der Waals surface area contributed by atoms with Crippen LogP contribution in [0.2, 0.25) is 0 Å². The SMILES string of the molecule is COC(=O)CCN(C)S(=O)(=O)NC1CC2CCC(C1)N2.Cl. The number of methoxy groups -OCH3 is 1. The monoisotopic (exact) mass is 341 g/mol. The van der Waals surface area contributed by atoms with E-state index in [1.54, 1.807) is 0 Å². The van der Waals surface area contributed by atoms with Crippen LogP contribution in [0, 0.1) is 0 Å². The fraction of sp³-hybridized carbons (Fsp3) is 0.917. The summed E-state index contributed by atoms with van der Waals surface area (Å²) in [5.74, 6) is -0.410. The van der Waals surface area contributed by atoms with E-state index in [1.807, 2.05) is 0 Å². The third-order valence-electron chi connectivity index (χ3n) is 4.06. The number of nitrogens with one attached hydrogen (secondary N) is 2. The maximum Gasteiger partial charge on any atom is 0.306 e. The van der Waals surface area contributed by atoms with E-state index in [-0.39, 0.29) is 31.4 Å². The highest BCUT2D eigenvalue weighted by Crippen LogP contribution is 2.27.